The fourth-order valence-corrected chi connectivity index (χ4v) is 2.95. The van der Waals surface area contributed by atoms with Crippen molar-refractivity contribution < 1.29 is 27.5 Å². The molecule has 0 amide bonds. The maximum Gasteiger partial charge on any atom is 0.416 e. The number of aromatic nitrogens is 1. The zero-order valence-corrected chi connectivity index (χ0v) is 11.7. The van der Waals surface area contributed by atoms with E-state index >= 15 is 0 Å². The summed E-state index contributed by atoms with van der Waals surface area (Å²) in [7, 11) is 0. The third-order valence-corrected chi connectivity index (χ3v) is 3.85. The van der Waals surface area contributed by atoms with E-state index in [4.69, 9.17) is 5.11 Å². The number of hydrogen-bond acceptors (Lipinski definition) is 3. The molecule has 0 atom stereocenters. The van der Waals surface area contributed by atoms with E-state index in [1.54, 1.807) is 0 Å². The molecule has 0 fully saturated rings. The van der Waals surface area contributed by atoms with Crippen LogP contribution in [-0.4, -0.2) is 16.1 Å². The lowest BCUT2D eigenvalue weighted by Crippen LogP contribution is -2.06. The first-order chi connectivity index (χ1) is 9.18. The predicted octanol–water partition coefficient (Wildman–Crippen LogP) is 4.43. The number of nitrogens with zero attached hydrogens (tertiary/aromatic N) is 1. The molecule has 0 aliphatic rings. The number of carboxylic acids is 1. The molecule has 0 bridgehead atoms. The van der Waals surface area contributed by atoms with Crippen molar-refractivity contribution in [2.24, 2.45) is 0 Å². The number of benzene rings is 1. The Labute approximate surface area is 122 Å². The van der Waals surface area contributed by atoms with Crippen LogP contribution in [0.25, 0.3) is 10.4 Å². The lowest BCUT2D eigenvalue weighted by molar-refractivity contribution is -0.137. The van der Waals surface area contributed by atoms with Crippen LogP contribution < -0.4 is 0 Å². The van der Waals surface area contributed by atoms with Crippen LogP contribution in [0.2, 0.25) is 0 Å². The second-order valence-electron chi connectivity index (χ2n) is 3.68. The summed E-state index contributed by atoms with van der Waals surface area (Å²) in [5.74, 6) is -2.50. The Kier molecular flexibility index (Phi) is 3.83. The van der Waals surface area contributed by atoms with Crippen molar-refractivity contribution in [1.82, 2.24) is 4.98 Å². The average molecular weight is 370 g/mol. The Morgan fingerprint density at radius 3 is 2.50 bits per heavy atom. The first kappa shape index (κ1) is 14.9. The SMILES string of the molecule is O=C(O)c1nc(Br)sc1-c1cc(F)cc(C(F)(F)F)c1. The monoisotopic (exact) mass is 369 g/mol. The number of aromatic carboxylic acids is 1. The van der Waals surface area contributed by atoms with E-state index in [2.05, 4.69) is 20.9 Å². The Morgan fingerprint density at radius 2 is 1.95 bits per heavy atom. The van der Waals surface area contributed by atoms with E-state index in [9.17, 15) is 22.4 Å². The van der Waals surface area contributed by atoms with Crippen LogP contribution in [-0.2, 0) is 6.18 Å². The second kappa shape index (κ2) is 5.13. The zero-order valence-electron chi connectivity index (χ0n) is 9.33. The van der Waals surface area contributed by atoms with Crippen molar-refractivity contribution in [2.75, 3.05) is 0 Å². The molecule has 1 heterocycles. The van der Waals surface area contributed by atoms with Crippen LogP contribution in [0.1, 0.15) is 16.1 Å². The molecule has 0 unspecified atom stereocenters. The lowest BCUT2D eigenvalue weighted by Gasteiger charge is -2.08. The van der Waals surface area contributed by atoms with Gasteiger partial charge in [-0.15, -0.1) is 11.3 Å². The van der Waals surface area contributed by atoms with Gasteiger partial charge < -0.3 is 5.11 Å². The molecular formula is C11H4BrF4NO2S. The van der Waals surface area contributed by atoms with Crippen molar-refractivity contribution >= 4 is 33.2 Å². The highest BCUT2D eigenvalue weighted by Gasteiger charge is 2.32. The van der Waals surface area contributed by atoms with E-state index < -0.39 is 29.2 Å². The number of alkyl halides is 3. The van der Waals surface area contributed by atoms with E-state index in [0.717, 1.165) is 17.4 Å². The molecule has 3 nitrogen and oxygen atoms in total. The number of carbonyl (C=O) groups is 1. The summed E-state index contributed by atoms with van der Waals surface area (Å²) in [5, 5.41) is 8.95. The topological polar surface area (TPSA) is 50.2 Å². The normalized spacial score (nSPS) is 11.7. The molecule has 2 rings (SSSR count). The van der Waals surface area contributed by atoms with Crippen molar-refractivity contribution in [3.05, 3.63) is 39.2 Å². The third-order valence-electron chi connectivity index (χ3n) is 2.29. The Hall–Kier alpha value is -1.48. The number of halogens is 5. The summed E-state index contributed by atoms with van der Waals surface area (Å²) >= 11 is 3.77. The summed E-state index contributed by atoms with van der Waals surface area (Å²) < 4.78 is 51.4. The zero-order chi connectivity index (χ0) is 15.1. The standard InChI is InChI=1S/C11H4BrF4NO2S/c12-10-17-7(9(18)19)8(20-10)4-1-5(11(14,15)16)3-6(13)2-4/h1-3H,(H,18,19). The van der Waals surface area contributed by atoms with Gasteiger partial charge in [-0.1, -0.05) is 0 Å². The molecule has 2 aromatic rings. The fraction of sp³-hybridized carbons (Fsp3) is 0.0909. The summed E-state index contributed by atoms with van der Waals surface area (Å²) in [6.07, 6.45) is -4.72. The van der Waals surface area contributed by atoms with Crippen molar-refractivity contribution in [2.45, 2.75) is 6.18 Å². The minimum absolute atomic E-state index is 0.0469. The maximum atomic E-state index is 13.3. The molecule has 106 valence electrons. The molecule has 1 aromatic heterocycles. The second-order valence-corrected chi connectivity index (χ2v) is 5.95. The summed E-state index contributed by atoms with van der Waals surface area (Å²) in [6, 6.07) is 1.87. The minimum Gasteiger partial charge on any atom is -0.476 e. The van der Waals surface area contributed by atoms with Crippen LogP contribution >= 0.6 is 27.3 Å². The molecule has 0 saturated carbocycles. The van der Waals surface area contributed by atoms with E-state index in [-0.39, 0.29) is 14.4 Å². The molecule has 20 heavy (non-hydrogen) atoms. The largest absolute Gasteiger partial charge is 0.476 e. The molecule has 9 heteroatoms. The van der Waals surface area contributed by atoms with Crippen LogP contribution in [0.4, 0.5) is 17.6 Å². The Bertz CT molecular complexity index is 684. The van der Waals surface area contributed by atoms with Gasteiger partial charge in [-0.05, 0) is 39.7 Å². The highest BCUT2D eigenvalue weighted by Crippen LogP contribution is 2.37. The van der Waals surface area contributed by atoms with Gasteiger partial charge >= 0.3 is 12.1 Å². The smallest absolute Gasteiger partial charge is 0.416 e. The van der Waals surface area contributed by atoms with Gasteiger partial charge in [0, 0.05) is 0 Å². The predicted molar refractivity (Wildman–Crippen MR) is 67.2 cm³/mol. The van der Waals surface area contributed by atoms with Gasteiger partial charge in [-0.3, -0.25) is 0 Å². The van der Waals surface area contributed by atoms with Gasteiger partial charge in [-0.25, -0.2) is 14.2 Å². The lowest BCUT2D eigenvalue weighted by atomic mass is 10.1. The molecule has 0 spiro atoms. The van der Waals surface area contributed by atoms with Crippen molar-refractivity contribution in [3.8, 4) is 10.4 Å². The van der Waals surface area contributed by atoms with Crippen molar-refractivity contribution in [1.29, 1.82) is 0 Å². The van der Waals surface area contributed by atoms with Gasteiger partial charge in [-0.2, -0.15) is 13.2 Å². The number of carboxylic acid groups (broad SMARTS) is 1. The van der Waals surface area contributed by atoms with Gasteiger partial charge in [0.25, 0.3) is 0 Å². The molecule has 1 aromatic carbocycles. The number of thiazole rings is 1. The number of hydrogen-bond donors (Lipinski definition) is 1. The van der Waals surface area contributed by atoms with Crippen LogP contribution in [0.5, 0.6) is 0 Å². The number of rotatable bonds is 2. The van der Waals surface area contributed by atoms with Crippen molar-refractivity contribution in [3.63, 3.8) is 0 Å². The maximum absolute atomic E-state index is 13.3. The quantitative estimate of drug-likeness (QED) is 0.796. The molecular weight excluding hydrogens is 366 g/mol. The summed E-state index contributed by atoms with van der Waals surface area (Å²) in [4.78, 5) is 14.6. The van der Waals surface area contributed by atoms with E-state index in [1.165, 1.54) is 0 Å². The first-order valence-corrected chi connectivity index (χ1v) is 6.57. The molecule has 0 radical (unpaired) electrons. The first-order valence-electron chi connectivity index (χ1n) is 4.96. The van der Waals surface area contributed by atoms with E-state index in [1.807, 2.05) is 0 Å². The molecule has 0 aliphatic carbocycles. The molecule has 0 aliphatic heterocycles. The van der Waals surface area contributed by atoms with Gasteiger partial charge in [0.15, 0.2) is 9.61 Å². The summed E-state index contributed by atoms with van der Waals surface area (Å²) in [6.45, 7) is 0. The van der Waals surface area contributed by atoms with E-state index in [0.29, 0.717) is 12.1 Å². The highest BCUT2D eigenvalue weighted by atomic mass is 79.9. The van der Waals surface area contributed by atoms with Crippen LogP contribution in [0.15, 0.2) is 22.1 Å². The fourth-order valence-electron chi connectivity index (χ4n) is 1.52. The highest BCUT2D eigenvalue weighted by molar-refractivity contribution is 9.11. The minimum atomic E-state index is -4.72. The summed E-state index contributed by atoms with van der Waals surface area (Å²) in [5.41, 5.74) is -1.80. The third kappa shape index (κ3) is 2.98. The van der Waals surface area contributed by atoms with Gasteiger partial charge in [0.05, 0.1) is 10.4 Å². The van der Waals surface area contributed by atoms with Gasteiger partial charge in [0.2, 0.25) is 0 Å². The molecule has 0 saturated heterocycles. The Balaban J connectivity index is 2.64. The average Bonchev–Trinajstić information content (AvgIpc) is 2.69. The molecule has 1 N–H and O–H groups in total. The Morgan fingerprint density at radius 1 is 1.30 bits per heavy atom. The van der Waals surface area contributed by atoms with Gasteiger partial charge in [0.1, 0.15) is 5.82 Å². The van der Waals surface area contributed by atoms with Crippen LogP contribution in [0.3, 0.4) is 0 Å². The van der Waals surface area contributed by atoms with Crippen LogP contribution in [0, 0.1) is 5.82 Å².